The van der Waals surface area contributed by atoms with Gasteiger partial charge in [0.05, 0.1) is 0 Å². The lowest BCUT2D eigenvalue weighted by Gasteiger charge is -2.34. The van der Waals surface area contributed by atoms with Crippen molar-refractivity contribution in [1.29, 1.82) is 0 Å². The summed E-state index contributed by atoms with van der Waals surface area (Å²) in [4.78, 5) is 8.32. The van der Waals surface area contributed by atoms with E-state index in [1.165, 1.54) is 6.33 Å². The Morgan fingerprint density at radius 2 is 2.11 bits per heavy atom. The molecule has 2 rings (SSSR count). The number of nitrogens with zero attached hydrogens (tertiary/aromatic N) is 2. The number of nitrogen functional groups attached to an aromatic ring is 1. The minimum Gasteiger partial charge on any atom is -0.383 e. The van der Waals surface area contributed by atoms with Crippen LogP contribution in [0.15, 0.2) is 6.33 Å². The monoisotopic (exact) mass is 250 g/mol. The van der Waals surface area contributed by atoms with E-state index in [0.29, 0.717) is 5.82 Å². The predicted octanol–water partition coefficient (Wildman–Crippen LogP) is 1.85. The highest BCUT2D eigenvalue weighted by molar-refractivity contribution is 5.54. The molecule has 0 bridgehead atoms. The fraction of sp³-hybridized carbons (Fsp3) is 0.692. The van der Waals surface area contributed by atoms with Crippen LogP contribution in [-0.2, 0) is 11.2 Å². The van der Waals surface area contributed by atoms with E-state index in [2.05, 4.69) is 29.1 Å². The molecule has 0 atom stereocenters. The van der Waals surface area contributed by atoms with Crippen molar-refractivity contribution in [1.82, 2.24) is 9.97 Å². The molecule has 0 unspecified atom stereocenters. The summed E-state index contributed by atoms with van der Waals surface area (Å²) in [7, 11) is 0. The molecule has 5 heteroatoms. The normalized spacial score (nSPS) is 18.6. The number of anilines is 2. The molecule has 1 aromatic rings. The van der Waals surface area contributed by atoms with Gasteiger partial charge in [-0.1, -0.05) is 13.8 Å². The maximum absolute atomic E-state index is 5.86. The fourth-order valence-corrected chi connectivity index (χ4v) is 2.26. The molecular formula is C13H22N4O. The van der Waals surface area contributed by atoms with Crippen LogP contribution in [0.5, 0.6) is 0 Å². The average Bonchev–Trinajstić information content (AvgIpc) is 2.37. The smallest absolute Gasteiger partial charge is 0.134 e. The molecule has 1 aliphatic heterocycles. The van der Waals surface area contributed by atoms with E-state index in [1.807, 2.05) is 0 Å². The highest BCUT2D eigenvalue weighted by atomic mass is 16.5. The number of aromatic nitrogens is 2. The van der Waals surface area contributed by atoms with E-state index >= 15 is 0 Å². The molecule has 1 aromatic heterocycles. The van der Waals surface area contributed by atoms with Crippen molar-refractivity contribution in [3.05, 3.63) is 11.9 Å². The van der Waals surface area contributed by atoms with Gasteiger partial charge in [0.2, 0.25) is 0 Å². The summed E-state index contributed by atoms with van der Waals surface area (Å²) in [5.41, 5.74) is 7.15. The van der Waals surface area contributed by atoms with E-state index in [9.17, 15) is 0 Å². The fourth-order valence-electron chi connectivity index (χ4n) is 2.26. The molecule has 3 N–H and O–H groups in total. The second-order valence-corrected chi connectivity index (χ2v) is 5.22. The largest absolute Gasteiger partial charge is 0.383 e. The Kier molecular flexibility index (Phi) is 4.01. The lowest BCUT2D eigenvalue weighted by atomic mass is 9.82. The molecule has 1 aliphatic rings. The summed E-state index contributed by atoms with van der Waals surface area (Å²) in [5, 5.41) is 3.43. The van der Waals surface area contributed by atoms with E-state index in [1.54, 1.807) is 0 Å². The molecule has 1 fully saturated rings. The number of nitrogens with two attached hydrogens (primary N) is 1. The topological polar surface area (TPSA) is 73.1 Å². The van der Waals surface area contributed by atoms with Crippen LogP contribution >= 0.6 is 0 Å². The van der Waals surface area contributed by atoms with Gasteiger partial charge in [-0.15, -0.1) is 0 Å². The Balaban J connectivity index is 2.03. The number of nitrogens with one attached hydrogen (secondary N) is 1. The summed E-state index contributed by atoms with van der Waals surface area (Å²) in [6.07, 6.45) is 4.53. The van der Waals surface area contributed by atoms with Crippen LogP contribution in [0.1, 0.15) is 32.3 Å². The average molecular weight is 250 g/mol. The van der Waals surface area contributed by atoms with Gasteiger partial charge in [-0.25, -0.2) is 9.97 Å². The summed E-state index contributed by atoms with van der Waals surface area (Å²) in [6, 6.07) is 0. The van der Waals surface area contributed by atoms with Gasteiger partial charge >= 0.3 is 0 Å². The first-order chi connectivity index (χ1) is 8.64. The van der Waals surface area contributed by atoms with Crippen molar-refractivity contribution in [2.75, 3.05) is 30.8 Å². The van der Waals surface area contributed by atoms with Gasteiger partial charge in [-0.2, -0.15) is 0 Å². The van der Waals surface area contributed by atoms with Gasteiger partial charge in [0.15, 0.2) is 0 Å². The molecule has 100 valence electrons. The Morgan fingerprint density at radius 1 is 1.39 bits per heavy atom. The Morgan fingerprint density at radius 3 is 2.78 bits per heavy atom. The van der Waals surface area contributed by atoms with Gasteiger partial charge in [0.1, 0.15) is 18.0 Å². The van der Waals surface area contributed by atoms with Gasteiger partial charge in [-0.05, 0) is 24.7 Å². The maximum atomic E-state index is 5.86. The standard InChI is InChI=1S/C13H22N4O/c1-3-10-11(14)16-9-17-12(10)15-8-13(2)4-6-18-7-5-13/h9H,3-8H2,1-2H3,(H3,14,15,16,17). The van der Waals surface area contributed by atoms with Crippen molar-refractivity contribution >= 4 is 11.6 Å². The van der Waals surface area contributed by atoms with Crippen LogP contribution in [0, 0.1) is 5.41 Å². The van der Waals surface area contributed by atoms with Crippen LogP contribution in [0.4, 0.5) is 11.6 Å². The highest BCUT2D eigenvalue weighted by Crippen LogP contribution is 2.30. The summed E-state index contributed by atoms with van der Waals surface area (Å²) in [5.74, 6) is 1.45. The third-order valence-corrected chi connectivity index (χ3v) is 3.71. The van der Waals surface area contributed by atoms with Gasteiger partial charge < -0.3 is 15.8 Å². The van der Waals surface area contributed by atoms with Crippen molar-refractivity contribution in [3.63, 3.8) is 0 Å². The minimum atomic E-state index is 0.281. The van der Waals surface area contributed by atoms with Crippen LogP contribution in [-0.4, -0.2) is 29.7 Å². The van der Waals surface area contributed by atoms with Gasteiger partial charge in [-0.3, -0.25) is 0 Å². The van der Waals surface area contributed by atoms with Crippen LogP contribution in [0.25, 0.3) is 0 Å². The molecule has 0 aliphatic carbocycles. The van der Waals surface area contributed by atoms with Crippen molar-refractivity contribution in [2.24, 2.45) is 5.41 Å². The highest BCUT2D eigenvalue weighted by Gasteiger charge is 2.27. The van der Waals surface area contributed by atoms with Gasteiger partial charge in [0, 0.05) is 25.3 Å². The zero-order chi connectivity index (χ0) is 13.0. The Labute approximate surface area is 108 Å². The second-order valence-electron chi connectivity index (χ2n) is 5.22. The second kappa shape index (κ2) is 5.52. The summed E-state index contributed by atoms with van der Waals surface area (Å²) in [6.45, 7) is 6.96. The number of rotatable bonds is 4. The summed E-state index contributed by atoms with van der Waals surface area (Å²) >= 11 is 0. The van der Waals surface area contributed by atoms with Gasteiger partial charge in [0.25, 0.3) is 0 Å². The predicted molar refractivity (Wildman–Crippen MR) is 72.5 cm³/mol. The molecule has 1 saturated heterocycles. The number of hydrogen-bond donors (Lipinski definition) is 2. The molecule has 0 amide bonds. The van der Waals surface area contributed by atoms with Crippen molar-refractivity contribution < 1.29 is 4.74 Å². The van der Waals surface area contributed by atoms with Crippen molar-refractivity contribution in [3.8, 4) is 0 Å². The van der Waals surface area contributed by atoms with Crippen LogP contribution in [0.3, 0.4) is 0 Å². The maximum Gasteiger partial charge on any atom is 0.134 e. The SMILES string of the molecule is CCc1c(N)ncnc1NCC1(C)CCOCC1. The Bertz CT molecular complexity index is 402. The molecule has 0 radical (unpaired) electrons. The van der Waals surface area contributed by atoms with E-state index in [-0.39, 0.29) is 5.41 Å². The summed E-state index contributed by atoms with van der Waals surface area (Å²) < 4.78 is 5.41. The number of hydrogen-bond acceptors (Lipinski definition) is 5. The third kappa shape index (κ3) is 2.90. The lowest BCUT2D eigenvalue weighted by Crippen LogP contribution is -2.33. The van der Waals surface area contributed by atoms with Crippen molar-refractivity contribution in [2.45, 2.75) is 33.1 Å². The molecule has 0 aromatic carbocycles. The number of ether oxygens (including phenoxy) is 1. The van der Waals surface area contributed by atoms with Crippen LogP contribution in [0.2, 0.25) is 0 Å². The zero-order valence-electron chi connectivity index (χ0n) is 11.2. The molecule has 2 heterocycles. The van der Waals surface area contributed by atoms with Crippen LogP contribution < -0.4 is 11.1 Å². The third-order valence-electron chi connectivity index (χ3n) is 3.71. The lowest BCUT2D eigenvalue weighted by molar-refractivity contribution is 0.0299. The minimum absolute atomic E-state index is 0.281. The van der Waals surface area contributed by atoms with E-state index in [0.717, 1.165) is 50.4 Å². The van der Waals surface area contributed by atoms with E-state index in [4.69, 9.17) is 10.5 Å². The van der Waals surface area contributed by atoms with E-state index < -0.39 is 0 Å². The molecule has 0 spiro atoms. The Hall–Kier alpha value is -1.36. The first kappa shape index (κ1) is 13.1. The zero-order valence-corrected chi connectivity index (χ0v) is 11.2. The molecule has 18 heavy (non-hydrogen) atoms. The molecule has 5 nitrogen and oxygen atoms in total. The molecular weight excluding hydrogens is 228 g/mol. The first-order valence-electron chi connectivity index (χ1n) is 6.55. The quantitative estimate of drug-likeness (QED) is 0.853. The molecule has 0 saturated carbocycles. The first-order valence-corrected chi connectivity index (χ1v) is 6.55.